The molecule has 1 amide bonds. The van der Waals surface area contributed by atoms with Crippen molar-refractivity contribution in [2.45, 2.75) is 12.6 Å². The first kappa shape index (κ1) is 21.1. The maximum atomic E-state index is 13.1. The van der Waals surface area contributed by atoms with Gasteiger partial charge in [0.05, 0.1) is 37.6 Å². The van der Waals surface area contributed by atoms with Crippen LogP contribution in [0.25, 0.3) is 5.76 Å². The molecule has 4 rings (SSSR count). The zero-order valence-electron chi connectivity index (χ0n) is 17.7. The molecular formula is C25H22N2O5. The number of ketones is 1. The van der Waals surface area contributed by atoms with E-state index >= 15 is 0 Å². The molecule has 0 spiro atoms. The summed E-state index contributed by atoms with van der Waals surface area (Å²) in [6, 6.07) is 18.4. The number of Topliss-reactive ketones (excluding diaryl/α,β-unsaturated/α-hetero) is 1. The third-order valence-corrected chi connectivity index (χ3v) is 5.40. The van der Waals surface area contributed by atoms with Crippen LogP contribution in [0.15, 0.2) is 78.5 Å². The number of ether oxygens (including phenoxy) is 2. The lowest BCUT2D eigenvalue weighted by Gasteiger charge is -2.25. The molecule has 1 saturated heterocycles. The highest BCUT2D eigenvalue weighted by Gasteiger charge is 2.47. The Kier molecular flexibility index (Phi) is 5.89. The number of benzene rings is 2. The molecule has 0 radical (unpaired) electrons. The number of aliphatic hydroxyl groups excluding tert-OH is 1. The molecule has 7 nitrogen and oxygen atoms in total. The molecule has 1 aromatic heterocycles. The van der Waals surface area contributed by atoms with E-state index in [1.54, 1.807) is 61.8 Å². The summed E-state index contributed by atoms with van der Waals surface area (Å²) < 4.78 is 10.8. The zero-order chi connectivity index (χ0) is 22.7. The van der Waals surface area contributed by atoms with Crippen LogP contribution in [0, 0.1) is 0 Å². The fourth-order valence-corrected chi connectivity index (χ4v) is 3.89. The van der Waals surface area contributed by atoms with Gasteiger partial charge in [0.15, 0.2) is 0 Å². The number of aromatic nitrogens is 1. The molecule has 3 aromatic rings. The summed E-state index contributed by atoms with van der Waals surface area (Å²) in [5.41, 5.74) is 1.49. The first-order valence-corrected chi connectivity index (χ1v) is 10.0. The normalized spacial score (nSPS) is 17.4. The van der Waals surface area contributed by atoms with Crippen LogP contribution in [0.3, 0.4) is 0 Å². The Hall–Kier alpha value is -4.13. The lowest BCUT2D eigenvalue weighted by molar-refractivity contribution is -0.140. The maximum absolute atomic E-state index is 13.1. The second kappa shape index (κ2) is 8.93. The van der Waals surface area contributed by atoms with Crippen LogP contribution < -0.4 is 9.47 Å². The van der Waals surface area contributed by atoms with E-state index in [1.807, 2.05) is 18.2 Å². The molecule has 0 aliphatic carbocycles. The molecule has 162 valence electrons. The minimum absolute atomic E-state index is 0.0342. The number of amides is 1. The van der Waals surface area contributed by atoms with Gasteiger partial charge in [-0.15, -0.1) is 0 Å². The number of para-hydroxylation sites is 2. The second-order valence-corrected chi connectivity index (χ2v) is 7.19. The van der Waals surface area contributed by atoms with Gasteiger partial charge >= 0.3 is 0 Å². The Morgan fingerprint density at radius 1 is 0.938 bits per heavy atom. The smallest absolute Gasteiger partial charge is 0.296 e. The van der Waals surface area contributed by atoms with E-state index in [0.717, 1.165) is 5.56 Å². The number of rotatable bonds is 6. The van der Waals surface area contributed by atoms with Gasteiger partial charge in [-0.25, -0.2) is 0 Å². The van der Waals surface area contributed by atoms with Gasteiger partial charge in [0.2, 0.25) is 0 Å². The molecule has 1 aliphatic rings. The van der Waals surface area contributed by atoms with Crippen LogP contribution in [0.1, 0.15) is 22.9 Å². The van der Waals surface area contributed by atoms with Crippen molar-refractivity contribution in [2.24, 2.45) is 0 Å². The van der Waals surface area contributed by atoms with Gasteiger partial charge in [0.1, 0.15) is 23.3 Å². The highest BCUT2D eigenvalue weighted by molar-refractivity contribution is 6.46. The number of methoxy groups -OCH3 is 2. The SMILES string of the molecule is COc1ccccc1CN1C(=O)C(=O)/C(=C(\O)c2ccccc2OC)C1c1ccccn1. The van der Waals surface area contributed by atoms with Gasteiger partial charge in [-0.05, 0) is 30.3 Å². The maximum Gasteiger partial charge on any atom is 0.296 e. The fraction of sp³-hybridized carbons (Fsp3) is 0.160. The van der Waals surface area contributed by atoms with Crippen LogP contribution in [0.4, 0.5) is 0 Å². The number of nitrogens with zero attached hydrogens (tertiary/aromatic N) is 2. The van der Waals surface area contributed by atoms with Crippen molar-refractivity contribution in [3.63, 3.8) is 0 Å². The molecule has 2 aromatic carbocycles. The average molecular weight is 430 g/mol. The van der Waals surface area contributed by atoms with Crippen LogP contribution in [-0.4, -0.2) is 40.9 Å². The fourth-order valence-electron chi connectivity index (χ4n) is 3.89. The molecule has 1 fully saturated rings. The van der Waals surface area contributed by atoms with Gasteiger partial charge < -0.3 is 19.5 Å². The van der Waals surface area contributed by atoms with Crippen molar-refractivity contribution in [3.8, 4) is 11.5 Å². The topological polar surface area (TPSA) is 89.0 Å². The van der Waals surface area contributed by atoms with E-state index in [0.29, 0.717) is 22.8 Å². The van der Waals surface area contributed by atoms with E-state index in [4.69, 9.17) is 9.47 Å². The van der Waals surface area contributed by atoms with Gasteiger partial charge in [-0.2, -0.15) is 0 Å². The third kappa shape index (κ3) is 3.69. The summed E-state index contributed by atoms with van der Waals surface area (Å²) >= 11 is 0. The Balaban J connectivity index is 1.88. The zero-order valence-corrected chi connectivity index (χ0v) is 17.7. The molecule has 0 bridgehead atoms. The monoisotopic (exact) mass is 430 g/mol. The summed E-state index contributed by atoms with van der Waals surface area (Å²) in [5.74, 6) is -0.819. The van der Waals surface area contributed by atoms with Gasteiger partial charge in [0.25, 0.3) is 11.7 Å². The number of carbonyl (C=O) groups excluding carboxylic acids is 2. The third-order valence-electron chi connectivity index (χ3n) is 5.40. The molecule has 1 aliphatic heterocycles. The van der Waals surface area contributed by atoms with E-state index in [-0.39, 0.29) is 17.9 Å². The Morgan fingerprint density at radius 3 is 2.28 bits per heavy atom. The van der Waals surface area contributed by atoms with E-state index in [2.05, 4.69) is 4.98 Å². The summed E-state index contributed by atoms with van der Waals surface area (Å²) in [5, 5.41) is 11.2. The van der Waals surface area contributed by atoms with Crippen molar-refractivity contribution in [1.82, 2.24) is 9.88 Å². The van der Waals surface area contributed by atoms with Gasteiger partial charge in [-0.3, -0.25) is 14.6 Å². The number of hydrogen-bond acceptors (Lipinski definition) is 6. The summed E-state index contributed by atoms with van der Waals surface area (Å²) in [6.45, 7) is 0.110. The number of carbonyl (C=O) groups is 2. The molecule has 7 heteroatoms. The van der Waals surface area contributed by atoms with Gasteiger partial charge in [0, 0.05) is 11.8 Å². The summed E-state index contributed by atoms with van der Waals surface area (Å²) in [6.07, 6.45) is 1.58. The highest BCUT2D eigenvalue weighted by atomic mass is 16.5. The van der Waals surface area contributed by atoms with E-state index in [1.165, 1.54) is 12.0 Å². The minimum Gasteiger partial charge on any atom is -0.507 e. The van der Waals surface area contributed by atoms with E-state index in [9.17, 15) is 14.7 Å². The van der Waals surface area contributed by atoms with Crippen molar-refractivity contribution in [2.75, 3.05) is 14.2 Å². The Morgan fingerprint density at radius 2 is 1.59 bits per heavy atom. The number of pyridine rings is 1. The summed E-state index contributed by atoms with van der Waals surface area (Å²) in [7, 11) is 3.02. The molecule has 1 atom stereocenters. The van der Waals surface area contributed by atoms with Crippen LogP contribution >= 0.6 is 0 Å². The molecule has 0 saturated carbocycles. The molecular weight excluding hydrogens is 408 g/mol. The quantitative estimate of drug-likeness (QED) is 0.364. The number of aliphatic hydroxyl groups is 1. The van der Waals surface area contributed by atoms with Crippen LogP contribution in [0.5, 0.6) is 11.5 Å². The lowest BCUT2D eigenvalue weighted by atomic mass is 9.97. The Bertz CT molecular complexity index is 1190. The molecule has 2 heterocycles. The predicted octanol–water partition coefficient (Wildman–Crippen LogP) is 3.72. The number of hydrogen-bond donors (Lipinski definition) is 1. The molecule has 32 heavy (non-hydrogen) atoms. The van der Waals surface area contributed by atoms with Gasteiger partial charge in [-0.1, -0.05) is 36.4 Å². The van der Waals surface area contributed by atoms with Crippen molar-refractivity contribution in [3.05, 3.63) is 95.3 Å². The first-order chi connectivity index (χ1) is 15.6. The Labute approximate surface area is 185 Å². The summed E-state index contributed by atoms with van der Waals surface area (Å²) in [4.78, 5) is 32.1. The average Bonchev–Trinajstić information content (AvgIpc) is 3.09. The lowest BCUT2D eigenvalue weighted by Crippen LogP contribution is -2.29. The molecule has 1 unspecified atom stereocenters. The van der Waals surface area contributed by atoms with Crippen LogP contribution in [-0.2, 0) is 16.1 Å². The van der Waals surface area contributed by atoms with E-state index < -0.39 is 17.7 Å². The first-order valence-electron chi connectivity index (χ1n) is 10.0. The largest absolute Gasteiger partial charge is 0.507 e. The van der Waals surface area contributed by atoms with Crippen molar-refractivity contribution >= 4 is 17.4 Å². The van der Waals surface area contributed by atoms with Crippen LogP contribution in [0.2, 0.25) is 0 Å². The van der Waals surface area contributed by atoms with Crippen molar-refractivity contribution in [1.29, 1.82) is 0 Å². The number of likely N-dealkylation sites (tertiary alicyclic amines) is 1. The standard InChI is InChI=1S/C25H22N2O5/c1-31-19-12-5-3-9-16(19)15-27-22(18-11-7-8-14-26-18)21(24(29)25(27)30)23(28)17-10-4-6-13-20(17)32-2/h3-14,22,28H,15H2,1-2H3/b23-21-. The highest BCUT2D eigenvalue weighted by Crippen LogP contribution is 2.41. The predicted molar refractivity (Wildman–Crippen MR) is 118 cm³/mol. The minimum atomic E-state index is -0.869. The van der Waals surface area contributed by atoms with Crippen molar-refractivity contribution < 1.29 is 24.2 Å². The molecule has 1 N–H and O–H groups in total. The second-order valence-electron chi connectivity index (χ2n) is 7.19.